The van der Waals surface area contributed by atoms with Gasteiger partial charge in [0.25, 0.3) is 0 Å². The van der Waals surface area contributed by atoms with Crippen LogP contribution in [0.1, 0.15) is 19.3 Å². The van der Waals surface area contributed by atoms with Gasteiger partial charge in [0.1, 0.15) is 6.10 Å². The van der Waals surface area contributed by atoms with E-state index in [1.165, 1.54) is 0 Å². The summed E-state index contributed by atoms with van der Waals surface area (Å²) in [5.41, 5.74) is 0. The van der Waals surface area contributed by atoms with Crippen LogP contribution in [0.4, 0.5) is 61.5 Å². The van der Waals surface area contributed by atoms with Gasteiger partial charge in [-0.05, 0) is 31.1 Å². The first kappa shape index (κ1) is 30.9. The second-order valence-corrected chi connectivity index (χ2v) is 8.75. The summed E-state index contributed by atoms with van der Waals surface area (Å²) in [7, 11) is 0. The van der Waals surface area contributed by atoms with Crippen LogP contribution in [-0.2, 0) is 18.9 Å². The minimum atomic E-state index is -8.41. The highest BCUT2D eigenvalue weighted by molar-refractivity contribution is 7.96. The molecular weight excluding hydrogens is 574 g/mol. The van der Waals surface area contributed by atoms with Crippen molar-refractivity contribution in [1.29, 1.82) is 0 Å². The number of carbonyl (C=O) groups excluding carboxylic acids is 1. The Balaban J connectivity index is 2.53. The van der Waals surface area contributed by atoms with E-state index >= 15 is 0 Å². The lowest BCUT2D eigenvalue weighted by Crippen LogP contribution is -2.73. The van der Waals surface area contributed by atoms with Crippen molar-refractivity contribution < 1.29 is 90.7 Å². The van der Waals surface area contributed by atoms with Crippen molar-refractivity contribution in [3.63, 3.8) is 0 Å². The zero-order chi connectivity index (χ0) is 28.3. The van der Waals surface area contributed by atoms with E-state index in [2.05, 4.69) is 14.1 Å². The highest BCUT2D eigenvalue weighted by Crippen LogP contribution is 2.63. The maximum Gasteiger partial charge on any atom is 0.460 e. The molecule has 2 aliphatic carbocycles. The summed E-state index contributed by atoms with van der Waals surface area (Å²) in [4.78, 5) is 12.1. The van der Waals surface area contributed by atoms with Gasteiger partial charge in [0.2, 0.25) is 0 Å². The van der Waals surface area contributed by atoms with Gasteiger partial charge in [-0.25, -0.2) is 14.4 Å². The van der Waals surface area contributed by atoms with E-state index < -0.39 is 82.8 Å². The summed E-state index contributed by atoms with van der Waals surface area (Å²) in [6.45, 7) is 0. The Morgan fingerprint density at radius 3 is 1.58 bits per heavy atom. The highest BCUT2D eigenvalue weighted by atomic mass is 32.2. The quantitative estimate of drug-likeness (QED) is 0.120. The van der Waals surface area contributed by atoms with Gasteiger partial charge in [-0.1, -0.05) is 5.04 Å². The monoisotopic (exact) mass is 586 g/mol. The van der Waals surface area contributed by atoms with E-state index in [0.29, 0.717) is 0 Å². The van der Waals surface area contributed by atoms with Gasteiger partial charge in [0.15, 0.2) is 0 Å². The molecule has 2 N–H and O–H groups in total. The van der Waals surface area contributed by atoms with Crippen LogP contribution in [0, 0.1) is 11.8 Å². The predicted octanol–water partition coefficient (Wildman–Crippen LogP) is 5.16. The molecule has 5 unspecified atom stereocenters. The van der Waals surface area contributed by atoms with Gasteiger partial charge in [-0.15, -0.1) is 4.33 Å². The minimum Gasteiger partial charge on any atom is -0.456 e. The van der Waals surface area contributed by atoms with Crippen LogP contribution in [0.5, 0.6) is 0 Å². The Labute approximate surface area is 193 Å². The fourth-order valence-electron chi connectivity index (χ4n) is 3.82. The number of rotatable bonds is 10. The molecule has 6 nitrogen and oxygen atoms in total. The lowest BCUT2D eigenvalue weighted by Gasteiger charge is -2.42. The molecule has 0 saturated heterocycles. The van der Waals surface area contributed by atoms with Crippen molar-refractivity contribution in [2.75, 3.05) is 0 Å². The molecular formula is C15H12F14O6S. The average Bonchev–Trinajstić information content (AvgIpc) is 3.33. The number of hydrogen-bond donors (Lipinski definition) is 2. The zero-order valence-corrected chi connectivity index (χ0v) is 17.5. The van der Waals surface area contributed by atoms with Crippen LogP contribution in [-0.4, -0.2) is 69.3 Å². The summed E-state index contributed by atoms with van der Waals surface area (Å²) in [6.07, 6.45) is -10.9. The number of halogens is 14. The summed E-state index contributed by atoms with van der Waals surface area (Å²) in [6, 6.07) is 0. The third-order valence-corrected chi connectivity index (χ3v) is 6.60. The summed E-state index contributed by atoms with van der Waals surface area (Å²) in [5, 5.41) is 14.2. The van der Waals surface area contributed by atoms with E-state index in [4.69, 9.17) is 5.26 Å². The van der Waals surface area contributed by atoms with E-state index in [1.807, 2.05) is 0 Å². The number of fused-ring (bicyclic) bond motifs is 2. The number of alkyl halides is 14. The molecule has 0 aromatic carbocycles. The van der Waals surface area contributed by atoms with Crippen molar-refractivity contribution in [1.82, 2.24) is 0 Å². The van der Waals surface area contributed by atoms with E-state index in [0.717, 1.165) is 0 Å². The summed E-state index contributed by atoms with van der Waals surface area (Å²) >= 11 is -2.10. The Bertz CT molecular complexity index is 836. The number of aliphatic hydroxyl groups excluding tert-OH is 1. The van der Waals surface area contributed by atoms with Crippen molar-refractivity contribution in [3.05, 3.63) is 0 Å². The van der Waals surface area contributed by atoms with Crippen LogP contribution < -0.4 is 0 Å². The van der Waals surface area contributed by atoms with Crippen LogP contribution >= 0.6 is 12.0 Å². The predicted molar refractivity (Wildman–Crippen MR) is 83.7 cm³/mol. The van der Waals surface area contributed by atoms with Crippen LogP contribution in [0.2, 0.25) is 0 Å². The molecule has 0 aromatic heterocycles. The largest absolute Gasteiger partial charge is 0.460 e. The van der Waals surface area contributed by atoms with Gasteiger partial charge < -0.3 is 9.84 Å². The van der Waals surface area contributed by atoms with E-state index in [9.17, 15) is 71.4 Å². The van der Waals surface area contributed by atoms with Gasteiger partial charge >= 0.3 is 46.8 Å². The molecule has 2 aliphatic rings. The van der Waals surface area contributed by atoms with E-state index in [1.54, 1.807) is 0 Å². The highest BCUT2D eigenvalue weighted by Gasteiger charge is 2.94. The second kappa shape index (κ2) is 9.16. The molecule has 0 aliphatic heterocycles. The van der Waals surface area contributed by atoms with Crippen LogP contribution in [0.25, 0.3) is 0 Å². The Kier molecular flexibility index (Phi) is 7.86. The standard InChI is InChI=1S/C15H12F14O6S/c16-9(36-35-34-32,8(31)33-7-5-2-1-4(3-5)6(7)30)10(17,18)11(19,20)12(21,22)13(23,24)14(25,26)15(27,28)29/h4-7,30,32H,1-3H2. The molecule has 212 valence electrons. The number of carbonyl (C=O) groups is 1. The second-order valence-electron chi connectivity index (χ2n) is 7.88. The third-order valence-electron chi connectivity index (χ3n) is 5.82. The molecule has 2 saturated carbocycles. The Morgan fingerprint density at radius 2 is 1.17 bits per heavy atom. The molecule has 2 bridgehead atoms. The molecule has 0 spiro atoms. The van der Waals surface area contributed by atoms with E-state index in [-0.39, 0.29) is 19.3 Å². The molecule has 0 aromatic rings. The normalized spacial score (nSPS) is 27.8. The van der Waals surface area contributed by atoms with Crippen molar-refractivity contribution >= 4 is 18.0 Å². The molecule has 0 heterocycles. The molecule has 0 radical (unpaired) electrons. The SMILES string of the molecule is O=C(OC1C2CCC(C2)C1O)C(F)(SOOO)C(F)(F)C(F)(F)C(F)(F)C(F)(F)C(F)(F)C(F)(F)F. The number of esters is 1. The summed E-state index contributed by atoms with van der Waals surface area (Å²) < 4.78 is 196. The topological polar surface area (TPSA) is 85.2 Å². The first-order chi connectivity index (χ1) is 16.0. The van der Waals surface area contributed by atoms with Crippen LogP contribution in [0.3, 0.4) is 0 Å². The van der Waals surface area contributed by atoms with Gasteiger partial charge in [0, 0.05) is 0 Å². The lowest BCUT2D eigenvalue weighted by molar-refractivity contribution is -0.446. The molecule has 0 amide bonds. The third kappa shape index (κ3) is 4.17. The zero-order valence-electron chi connectivity index (χ0n) is 16.7. The van der Waals surface area contributed by atoms with Gasteiger partial charge in [0.05, 0.1) is 18.1 Å². The first-order valence-electron chi connectivity index (χ1n) is 9.15. The lowest BCUT2D eigenvalue weighted by atomic mass is 9.91. The molecule has 2 rings (SSSR count). The summed E-state index contributed by atoms with van der Waals surface area (Å²) in [5.74, 6) is -45.6. The van der Waals surface area contributed by atoms with Crippen molar-refractivity contribution in [2.45, 2.75) is 72.3 Å². The van der Waals surface area contributed by atoms with Gasteiger partial charge in [-0.3, -0.25) is 0 Å². The van der Waals surface area contributed by atoms with Crippen LogP contribution in [0.15, 0.2) is 0 Å². The smallest absolute Gasteiger partial charge is 0.456 e. The fraction of sp³-hybridized carbons (Fsp3) is 0.933. The molecule has 21 heteroatoms. The number of hydrogen-bond acceptors (Lipinski definition) is 7. The maximum atomic E-state index is 15.0. The van der Waals surface area contributed by atoms with Crippen molar-refractivity contribution in [2.24, 2.45) is 11.8 Å². The fourth-order valence-corrected chi connectivity index (χ4v) is 4.29. The average molecular weight is 586 g/mol. The van der Waals surface area contributed by atoms with Crippen molar-refractivity contribution in [3.8, 4) is 0 Å². The number of ether oxygens (including phenoxy) is 1. The molecule has 36 heavy (non-hydrogen) atoms. The Morgan fingerprint density at radius 1 is 0.722 bits per heavy atom. The first-order valence-corrected chi connectivity index (χ1v) is 9.89. The Hall–Kier alpha value is -1.32. The maximum absolute atomic E-state index is 15.0. The minimum absolute atomic E-state index is 0.0329. The number of aliphatic hydroxyl groups is 1. The van der Waals surface area contributed by atoms with Gasteiger partial charge in [-0.2, -0.15) is 57.1 Å². The molecule has 5 atom stereocenters. The molecule has 2 fully saturated rings.